The molecule has 0 bridgehead atoms. The Bertz CT molecular complexity index is 231. The van der Waals surface area contributed by atoms with E-state index in [0.717, 1.165) is 6.04 Å². The van der Waals surface area contributed by atoms with Crippen LogP contribution in [0.4, 0.5) is 0 Å². The van der Waals surface area contributed by atoms with Crippen molar-refractivity contribution in [2.24, 2.45) is 0 Å². The molecule has 6 heteroatoms. The second kappa shape index (κ2) is 10.0. The van der Waals surface area contributed by atoms with E-state index >= 15 is 0 Å². The van der Waals surface area contributed by atoms with Gasteiger partial charge in [-0.3, -0.25) is 9.11 Å². The molecule has 0 fully saturated rings. The molecule has 0 saturated carbocycles. The van der Waals surface area contributed by atoms with Crippen molar-refractivity contribution in [1.82, 2.24) is 4.90 Å². The van der Waals surface area contributed by atoms with Gasteiger partial charge in [-0.2, -0.15) is 8.42 Å². The second-order valence-electron chi connectivity index (χ2n) is 4.11. The third-order valence-electron chi connectivity index (χ3n) is 2.36. The maximum Gasteiger partial charge on any atom is 0.394 e. The van der Waals surface area contributed by atoms with Crippen LogP contribution < -0.4 is 0 Å². The van der Waals surface area contributed by atoms with Crippen LogP contribution in [0.1, 0.15) is 46.0 Å². The van der Waals surface area contributed by atoms with E-state index in [-0.39, 0.29) is 0 Å². The van der Waals surface area contributed by atoms with Gasteiger partial charge in [0.2, 0.25) is 0 Å². The number of nitrogens with zero attached hydrogens (tertiary/aromatic N) is 1. The zero-order chi connectivity index (χ0) is 13.2. The average molecular weight is 255 g/mol. The van der Waals surface area contributed by atoms with E-state index in [1.165, 1.54) is 32.1 Å². The first-order chi connectivity index (χ1) is 7.18. The predicted molar refractivity (Wildman–Crippen MR) is 66.1 cm³/mol. The van der Waals surface area contributed by atoms with Gasteiger partial charge in [0.15, 0.2) is 0 Å². The van der Waals surface area contributed by atoms with Crippen molar-refractivity contribution in [3.63, 3.8) is 0 Å². The third-order valence-corrected chi connectivity index (χ3v) is 2.36. The first-order valence-corrected chi connectivity index (χ1v) is 6.94. The van der Waals surface area contributed by atoms with Crippen LogP contribution >= 0.6 is 0 Å². The minimum absolute atomic E-state index is 0.756. The highest BCUT2D eigenvalue weighted by molar-refractivity contribution is 7.79. The first kappa shape index (κ1) is 18.2. The maximum absolute atomic E-state index is 8.74. The van der Waals surface area contributed by atoms with Gasteiger partial charge in [-0.25, -0.2) is 0 Å². The smallest absolute Gasteiger partial charge is 0.307 e. The van der Waals surface area contributed by atoms with Gasteiger partial charge >= 0.3 is 10.4 Å². The molecular formula is C10H25NO4S. The molecule has 0 aliphatic rings. The van der Waals surface area contributed by atoms with Crippen LogP contribution in [0.3, 0.4) is 0 Å². The van der Waals surface area contributed by atoms with Gasteiger partial charge < -0.3 is 4.90 Å². The van der Waals surface area contributed by atoms with E-state index in [0.29, 0.717) is 0 Å². The summed E-state index contributed by atoms with van der Waals surface area (Å²) in [5, 5.41) is 0. The normalized spacial score (nSPS) is 13.2. The lowest BCUT2D eigenvalue weighted by Crippen LogP contribution is -2.24. The van der Waals surface area contributed by atoms with Gasteiger partial charge in [-0.1, -0.05) is 32.6 Å². The largest absolute Gasteiger partial charge is 0.394 e. The van der Waals surface area contributed by atoms with E-state index in [2.05, 4.69) is 32.8 Å². The third kappa shape index (κ3) is 23.6. The van der Waals surface area contributed by atoms with Crippen molar-refractivity contribution in [3.05, 3.63) is 0 Å². The van der Waals surface area contributed by atoms with Crippen LogP contribution in [0.5, 0.6) is 0 Å². The van der Waals surface area contributed by atoms with Crippen molar-refractivity contribution in [2.45, 2.75) is 52.0 Å². The fourth-order valence-electron chi connectivity index (χ4n) is 1.12. The quantitative estimate of drug-likeness (QED) is 0.562. The molecular weight excluding hydrogens is 230 g/mol. The molecule has 16 heavy (non-hydrogen) atoms. The molecule has 0 aromatic heterocycles. The molecule has 0 radical (unpaired) electrons. The molecule has 1 unspecified atom stereocenters. The lowest BCUT2D eigenvalue weighted by Gasteiger charge is -2.19. The molecule has 5 nitrogen and oxygen atoms in total. The molecule has 0 rings (SSSR count). The molecule has 0 aliphatic carbocycles. The van der Waals surface area contributed by atoms with Crippen molar-refractivity contribution in [2.75, 3.05) is 14.1 Å². The number of hydrogen-bond acceptors (Lipinski definition) is 3. The molecule has 0 aromatic rings. The van der Waals surface area contributed by atoms with Crippen molar-refractivity contribution < 1.29 is 17.5 Å². The summed E-state index contributed by atoms with van der Waals surface area (Å²) in [6, 6.07) is 0.756. The van der Waals surface area contributed by atoms with E-state index in [4.69, 9.17) is 17.5 Å². The van der Waals surface area contributed by atoms with E-state index < -0.39 is 10.4 Å². The summed E-state index contributed by atoms with van der Waals surface area (Å²) in [4.78, 5) is 2.30. The summed E-state index contributed by atoms with van der Waals surface area (Å²) >= 11 is 0. The van der Waals surface area contributed by atoms with E-state index in [9.17, 15) is 0 Å². The van der Waals surface area contributed by atoms with Gasteiger partial charge in [-0.15, -0.1) is 0 Å². The van der Waals surface area contributed by atoms with E-state index in [1.54, 1.807) is 0 Å². The lowest BCUT2D eigenvalue weighted by molar-refractivity contribution is 0.291. The second-order valence-corrected chi connectivity index (χ2v) is 5.01. The molecule has 2 N–H and O–H groups in total. The molecule has 0 amide bonds. The molecule has 0 spiro atoms. The zero-order valence-electron chi connectivity index (χ0n) is 10.7. The molecule has 0 heterocycles. The van der Waals surface area contributed by atoms with Crippen LogP contribution in [0.2, 0.25) is 0 Å². The monoisotopic (exact) mass is 255 g/mol. The zero-order valence-corrected chi connectivity index (χ0v) is 11.5. The minimum atomic E-state index is -4.67. The highest BCUT2D eigenvalue weighted by Crippen LogP contribution is 2.07. The Balaban J connectivity index is 0. The Morgan fingerprint density at radius 1 is 1.12 bits per heavy atom. The summed E-state index contributed by atoms with van der Waals surface area (Å²) in [7, 11) is -0.352. The summed E-state index contributed by atoms with van der Waals surface area (Å²) < 4.78 is 31.6. The Kier molecular flexibility index (Phi) is 11.4. The van der Waals surface area contributed by atoms with Crippen molar-refractivity contribution in [1.29, 1.82) is 0 Å². The van der Waals surface area contributed by atoms with Crippen LogP contribution in [-0.2, 0) is 10.4 Å². The lowest BCUT2D eigenvalue weighted by atomic mass is 10.1. The Hall–Kier alpha value is -0.170. The van der Waals surface area contributed by atoms with Gasteiger partial charge in [0.25, 0.3) is 0 Å². The molecule has 0 saturated heterocycles. The fraction of sp³-hybridized carbons (Fsp3) is 1.00. The molecule has 1 atom stereocenters. The average Bonchev–Trinajstić information content (AvgIpc) is 2.09. The minimum Gasteiger partial charge on any atom is -0.307 e. The summed E-state index contributed by atoms with van der Waals surface area (Å²) in [5.41, 5.74) is 0. The molecule has 0 aliphatic heterocycles. The standard InChI is InChI=1S/C10H23N.H2O4S/c1-5-6-7-8-9-10(2)11(3)4;1-5(2,3)4/h10H,5-9H2,1-4H3;(H2,1,2,3,4). The Morgan fingerprint density at radius 2 is 1.56 bits per heavy atom. The molecule has 0 aromatic carbocycles. The van der Waals surface area contributed by atoms with Gasteiger partial charge in [0, 0.05) is 6.04 Å². The summed E-state index contributed by atoms with van der Waals surface area (Å²) in [5.74, 6) is 0. The maximum atomic E-state index is 8.74. The van der Waals surface area contributed by atoms with Crippen LogP contribution in [0.15, 0.2) is 0 Å². The van der Waals surface area contributed by atoms with Crippen LogP contribution in [0.25, 0.3) is 0 Å². The Labute approximate surface area is 99.4 Å². The number of unbranched alkanes of at least 4 members (excludes halogenated alkanes) is 3. The van der Waals surface area contributed by atoms with Gasteiger partial charge in [0.05, 0.1) is 0 Å². The van der Waals surface area contributed by atoms with Gasteiger partial charge in [0.1, 0.15) is 0 Å². The highest BCUT2D eigenvalue weighted by atomic mass is 32.3. The van der Waals surface area contributed by atoms with Crippen LogP contribution in [-0.4, -0.2) is 42.6 Å². The number of hydrogen-bond donors (Lipinski definition) is 2. The predicted octanol–water partition coefficient (Wildman–Crippen LogP) is 2.25. The topological polar surface area (TPSA) is 77.8 Å². The van der Waals surface area contributed by atoms with Crippen molar-refractivity contribution in [3.8, 4) is 0 Å². The van der Waals surface area contributed by atoms with Gasteiger partial charge in [-0.05, 0) is 27.4 Å². The highest BCUT2D eigenvalue weighted by Gasteiger charge is 2.02. The van der Waals surface area contributed by atoms with E-state index in [1.807, 2.05) is 0 Å². The molecule has 100 valence electrons. The van der Waals surface area contributed by atoms with Crippen LogP contribution in [0, 0.1) is 0 Å². The first-order valence-electron chi connectivity index (χ1n) is 5.54. The number of rotatable bonds is 6. The SMILES string of the molecule is CCCCCCC(C)N(C)C.O=S(=O)(O)O. The summed E-state index contributed by atoms with van der Waals surface area (Å²) in [6.45, 7) is 4.56. The fourth-order valence-corrected chi connectivity index (χ4v) is 1.12. The summed E-state index contributed by atoms with van der Waals surface area (Å²) in [6.07, 6.45) is 6.91. The Morgan fingerprint density at radius 3 is 1.88 bits per heavy atom. The van der Waals surface area contributed by atoms with Crippen molar-refractivity contribution >= 4 is 10.4 Å².